The molecule has 0 atom stereocenters. The van der Waals surface area contributed by atoms with Crippen LogP contribution in [0.25, 0.3) is 0 Å². The molecule has 0 heterocycles. The number of carbonyl (C=O) groups excluding carboxylic acids is 1. The van der Waals surface area contributed by atoms with Crippen molar-refractivity contribution in [1.82, 2.24) is 0 Å². The van der Waals surface area contributed by atoms with Crippen LogP contribution < -0.4 is 0 Å². The average molecular weight is 266 g/mol. The van der Waals surface area contributed by atoms with Gasteiger partial charge in [-0.15, -0.1) is 0 Å². The normalized spacial score (nSPS) is 14.5. The Morgan fingerprint density at radius 1 is 0.833 bits per heavy atom. The Hall–Kier alpha value is -0.500. The molecular weight excluding hydrogens is 240 g/mol. The average Bonchev–Trinajstić information content (AvgIpc) is 2.90. The summed E-state index contributed by atoms with van der Waals surface area (Å²) in [6.07, 6.45) is 18.8. The lowest BCUT2D eigenvalue weighted by atomic mass is 10.00. The Morgan fingerprint density at radius 2 is 1.33 bits per heavy atom. The van der Waals surface area contributed by atoms with Crippen LogP contribution in [0.5, 0.6) is 0 Å². The van der Waals surface area contributed by atoms with Crippen LogP contribution in [0, 0.1) is 5.92 Å². The molecule has 0 aliphatic heterocycles. The molecule has 0 spiro atoms. The van der Waals surface area contributed by atoms with Gasteiger partial charge in [0.25, 0.3) is 0 Å². The number of hydrogen-bond donors (Lipinski definition) is 1. The third-order valence-corrected chi connectivity index (χ3v) is 3.77. The second kappa shape index (κ2) is 10.4. The van der Waals surface area contributed by atoms with Gasteiger partial charge < -0.3 is 0 Å². The molecule has 18 heavy (non-hydrogen) atoms. The molecule has 102 valence electrons. The minimum atomic E-state index is 0.0752. The second-order valence-corrected chi connectivity index (χ2v) is 5.51. The molecule has 1 aliphatic carbocycles. The smallest absolute Gasteiger partial charge is 0.143 e. The monoisotopic (exact) mass is 266 g/mol. The van der Waals surface area contributed by atoms with E-state index in [0.717, 1.165) is 18.6 Å². The van der Waals surface area contributed by atoms with Crippen molar-refractivity contribution in [2.75, 3.05) is 5.75 Å². The molecule has 1 aliphatic rings. The van der Waals surface area contributed by atoms with E-state index in [0.29, 0.717) is 5.78 Å². The third-order valence-electron chi connectivity index (χ3n) is 3.45. The molecule has 1 rings (SSSR count). The summed E-state index contributed by atoms with van der Waals surface area (Å²) >= 11 is 4.21. The van der Waals surface area contributed by atoms with E-state index in [1.807, 2.05) is 24.3 Å². The Labute approximate surface area is 117 Å². The fourth-order valence-electron chi connectivity index (χ4n) is 2.28. The van der Waals surface area contributed by atoms with Gasteiger partial charge in [-0.2, -0.15) is 12.6 Å². The van der Waals surface area contributed by atoms with E-state index in [9.17, 15) is 4.79 Å². The van der Waals surface area contributed by atoms with Gasteiger partial charge in [0.2, 0.25) is 0 Å². The van der Waals surface area contributed by atoms with Crippen LogP contribution in [0.2, 0.25) is 0 Å². The minimum Gasteiger partial charge on any atom is -0.299 e. The Kier molecular flexibility index (Phi) is 9.01. The zero-order valence-electron chi connectivity index (χ0n) is 11.3. The number of Topliss-reactive ketones (excluding diaryl/α,β-unsaturated/α-hetero) is 1. The minimum absolute atomic E-state index is 0.0752. The van der Waals surface area contributed by atoms with E-state index in [1.165, 1.54) is 44.9 Å². The van der Waals surface area contributed by atoms with Crippen LogP contribution >= 0.6 is 12.6 Å². The summed E-state index contributed by atoms with van der Waals surface area (Å²) in [6, 6.07) is 0. The van der Waals surface area contributed by atoms with Gasteiger partial charge in [-0.3, -0.25) is 4.79 Å². The van der Waals surface area contributed by atoms with Crippen LogP contribution in [0.4, 0.5) is 0 Å². The summed E-state index contributed by atoms with van der Waals surface area (Å²) in [7, 11) is 0. The molecule has 2 heteroatoms. The molecule has 0 saturated carbocycles. The van der Waals surface area contributed by atoms with Gasteiger partial charge in [0.15, 0.2) is 0 Å². The van der Waals surface area contributed by atoms with Crippen LogP contribution in [0.1, 0.15) is 57.8 Å². The summed E-state index contributed by atoms with van der Waals surface area (Å²) in [5.74, 6) is 1.48. The summed E-state index contributed by atoms with van der Waals surface area (Å²) in [5.41, 5.74) is 0. The maximum atomic E-state index is 11.7. The molecule has 1 nitrogen and oxygen atoms in total. The Bertz CT molecular complexity index is 269. The maximum absolute atomic E-state index is 11.7. The molecule has 0 fully saturated rings. The number of unbranched alkanes of at least 4 members (excludes halogenated alkanes) is 7. The zero-order valence-corrected chi connectivity index (χ0v) is 12.2. The van der Waals surface area contributed by atoms with Crippen molar-refractivity contribution in [3.05, 3.63) is 24.3 Å². The van der Waals surface area contributed by atoms with Crippen molar-refractivity contribution in [1.29, 1.82) is 0 Å². The number of allylic oxidation sites excluding steroid dienone is 4. The van der Waals surface area contributed by atoms with Crippen molar-refractivity contribution in [2.45, 2.75) is 57.8 Å². The summed E-state index contributed by atoms with van der Waals surface area (Å²) < 4.78 is 0. The number of carbonyl (C=O) groups is 1. The highest BCUT2D eigenvalue weighted by atomic mass is 32.1. The van der Waals surface area contributed by atoms with E-state index >= 15 is 0 Å². The molecule has 0 radical (unpaired) electrons. The molecule has 0 N–H and O–H groups in total. The van der Waals surface area contributed by atoms with E-state index in [1.54, 1.807) is 0 Å². The molecule has 0 aromatic carbocycles. The lowest BCUT2D eigenvalue weighted by molar-refractivity contribution is -0.120. The predicted octanol–water partition coefficient (Wildman–Crippen LogP) is 4.74. The Balaban J connectivity index is 1.85. The Morgan fingerprint density at radius 3 is 1.89 bits per heavy atom. The number of rotatable bonds is 11. The number of thiol groups is 1. The molecule has 0 amide bonds. The fraction of sp³-hybridized carbons (Fsp3) is 0.688. The van der Waals surface area contributed by atoms with Crippen LogP contribution in [0.15, 0.2) is 24.3 Å². The number of hydrogen-bond acceptors (Lipinski definition) is 2. The van der Waals surface area contributed by atoms with Gasteiger partial charge in [-0.05, 0) is 18.6 Å². The molecule has 0 unspecified atom stereocenters. The quantitative estimate of drug-likeness (QED) is 0.422. The highest BCUT2D eigenvalue weighted by Gasteiger charge is 2.12. The topological polar surface area (TPSA) is 17.1 Å². The summed E-state index contributed by atoms with van der Waals surface area (Å²) in [6.45, 7) is 0. The maximum Gasteiger partial charge on any atom is 0.143 e. The first-order valence-electron chi connectivity index (χ1n) is 7.33. The van der Waals surface area contributed by atoms with E-state index in [4.69, 9.17) is 0 Å². The highest BCUT2D eigenvalue weighted by Crippen LogP contribution is 2.15. The first-order valence-corrected chi connectivity index (χ1v) is 7.96. The van der Waals surface area contributed by atoms with Gasteiger partial charge >= 0.3 is 0 Å². The first kappa shape index (κ1) is 15.6. The van der Waals surface area contributed by atoms with Gasteiger partial charge in [-0.25, -0.2) is 0 Å². The summed E-state index contributed by atoms with van der Waals surface area (Å²) in [4.78, 5) is 11.7. The standard InChI is InChI=1S/C16H26OS/c17-16(15-11-8-9-12-15)13-7-5-3-1-2-4-6-10-14-18/h8-9,11-12,15,18H,1-7,10,13-14H2. The van der Waals surface area contributed by atoms with Gasteiger partial charge in [0, 0.05) is 6.42 Å². The lowest BCUT2D eigenvalue weighted by Crippen LogP contribution is -2.07. The van der Waals surface area contributed by atoms with Crippen LogP contribution in [-0.2, 0) is 4.79 Å². The molecule has 0 bridgehead atoms. The molecule has 0 aromatic heterocycles. The predicted molar refractivity (Wildman–Crippen MR) is 82.2 cm³/mol. The van der Waals surface area contributed by atoms with Crippen molar-refractivity contribution in [2.24, 2.45) is 5.92 Å². The van der Waals surface area contributed by atoms with Crippen molar-refractivity contribution in [3.8, 4) is 0 Å². The largest absolute Gasteiger partial charge is 0.299 e. The van der Waals surface area contributed by atoms with Gasteiger partial charge in [-0.1, -0.05) is 62.8 Å². The van der Waals surface area contributed by atoms with Crippen molar-refractivity contribution < 1.29 is 4.79 Å². The van der Waals surface area contributed by atoms with E-state index in [-0.39, 0.29) is 5.92 Å². The third kappa shape index (κ3) is 7.05. The van der Waals surface area contributed by atoms with E-state index < -0.39 is 0 Å². The fourth-order valence-corrected chi connectivity index (χ4v) is 2.51. The first-order chi connectivity index (χ1) is 8.84. The second-order valence-electron chi connectivity index (χ2n) is 5.06. The zero-order chi connectivity index (χ0) is 13.1. The van der Waals surface area contributed by atoms with Gasteiger partial charge in [0.05, 0.1) is 5.92 Å². The molecular formula is C16H26OS. The van der Waals surface area contributed by atoms with Crippen molar-refractivity contribution >= 4 is 18.4 Å². The van der Waals surface area contributed by atoms with Gasteiger partial charge in [0.1, 0.15) is 5.78 Å². The van der Waals surface area contributed by atoms with Crippen LogP contribution in [-0.4, -0.2) is 11.5 Å². The summed E-state index contributed by atoms with van der Waals surface area (Å²) in [5, 5.41) is 0. The lowest BCUT2D eigenvalue weighted by Gasteiger charge is -2.04. The number of ketones is 1. The SMILES string of the molecule is O=C(CCCCCCCCCCS)C1C=CC=C1. The molecule has 0 aromatic rings. The van der Waals surface area contributed by atoms with Crippen LogP contribution in [0.3, 0.4) is 0 Å². The molecule has 0 saturated heterocycles. The highest BCUT2D eigenvalue weighted by molar-refractivity contribution is 7.80. The van der Waals surface area contributed by atoms with Crippen molar-refractivity contribution in [3.63, 3.8) is 0 Å². The van der Waals surface area contributed by atoms with E-state index in [2.05, 4.69) is 12.6 Å².